The quantitative estimate of drug-likeness (QED) is 0.893. The Bertz CT molecular complexity index is 491. The Morgan fingerprint density at radius 2 is 2.00 bits per heavy atom. The third kappa shape index (κ3) is 4.21. The van der Waals surface area contributed by atoms with Crippen molar-refractivity contribution in [2.75, 3.05) is 19.7 Å². The molecule has 0 aliphatic carbocycles. The summed E-state index contributed by atoms with van der Waals surface area (Å²) >= 11 is 0. The molecule has 0 bridgehead atoms. The lowest BCUT2D eigenvalue weighted by molar-refractivity contribution is -0.124. The molecular formula is C17H26N2O2. The molecule has 1 aliphatic heterocycles. The average Bonchev–Trinajstić information content (AvgIpc) is 2.40. The highest BCUT2D eigenvalue weighted by Crippen LogP contribution is 2.24. The van der Waals surface area contributed by atoms with Crippen molar-refractivity contribution in [3.05, 3.63) is 28.8 Å². The van der Waals surface area contributed by atoms with Gasteiger partial charge < -0.3 is 15.4 Å². The smallest absolute Gasteiger partial charge is 0.258 e. The van der Waals surface area contributed by atoms with Gasteiger partial charge in [-0.05, 0) is 57.3 Å². The molecule has 0 saturated carbocycles. The molecule has 1 fully saturated rings. The Morgan fingerprint density at radius 3 is 2.62 bits per heavy atom. The topological polar surface area (TPSA) is 50.4 Å². The molecule has 1 aliphatic rings. The maximum absolute atomic E-state index is 12.1. The van der Waals surface area contributed by atoms with Crippen LogP contribution in [0.4, 0.5) is 0 Å². The van der Waals surface area contributed by atoms with Gasteiger partial charge in [-0.15, -0.1) is 0 Å². The van der Waals surface area contributed by atoms with Crippen LogP contribution in [0, 0.1) is 26.7 Å². The van der Waals surface area contributed by atoms with Gasteiger partial charge in [0.1, 0.15) is 5.75 Å². The van der Waals surface area contributed by atoms with Crippen LogP contribution in [0.3, 0.4) is 0 Å². The summed E-state index contributed by atoms with van der Waals surface area (Å²) in [4.78, 5) is 12.1. The van der Waals surface area contributed by atoms with Crippen molar-refractivity contribution in [2.24, 2.45) is 5.92 Å². The van der Waals surface area contributed by atoms with Crippen molar-refractivity contribution >= 4 is 5.91 Å². The zero-order valence-corrected chi connectivity index (χ0v) is 13.5. The maximum Gasteiger partial charge on any atom is 0.258 e. The van der Waals surface area contributed by atoms with Crippen molar-refractivity contribution in [3.63, 3.8) is 0 Å². The Kier molecular flexibility index (Phi) is 5.23. The average molecular weight is 290 g/mol. The molecule has 0 spiro atoms. The first-order valence-electron chi connectivity index (χ1n) is 7.68. The highest BCUT2D eigenvalue weighted by Gasteiger charge is 2.22. The minimum Gasteiger partial charge on any atom is -0.483 e. The van der Waals surface area contributed by atoms with Crippen molar-refractivity contribution in [1.29, 1.82) is 0 Å². The number of carbonyl (C=O) groups excluding carboxylic acids is 1. The molecule has 1 heterocycles. The predicted molar refractivity (Wildman–Crippen MR) is 84.7 cm³/mol. The summed E-state index contributed by atoms with van der Waals surface area (Å²) in [6.45, 7) is 10.3. The molecule has 0 aromatic heterocycles. The standard InChI is InChI=1S/C17H26N2O2/c1-11-7-12(2)17(13(3)8-11)21-10-16(20)19-15-5-6-18-9-14(15)4/h7-8,14-15,18H,5-6,9-10H2,1-4H3,(H,19,20). The number of amides is 1. The number of ether oxygens (including phenoxy) is 1. The molecule has 0 radical (unpaired) electrons. The molecule has 1 aromatic rings. The van der Waals surface area contributed by atoms with Gasteiger partial charge in [-0.25, -0.2) is 0 Å². The second-order valence-electron chi connectivity index (χ2n) is 6.16. The fourth-order valence-corrected chi connectivity index (χ4v) is 3.01. The van der Waals surface area contributed by atoms with Gasteiger partial charge in [-0.3, -0.25) is 4.79 Å². The van der Waals surface area contributed by atoms with E-state index in [1.165, 1.54) is 5.56 Å². The number of hydrogen-bond acceptors (Lipinski definition) is 3. The highest BCUT2D eigenvalue weighted by molar-refractivity contribution is 5.78. The molecule has 2 N–H and O–H groups in total. The Hall–Kier alpha value is -1.55. The largest absolute Gasteiger partial charge is 0.483 e. The minimum atomic E-state index is -0.0341. The lowest BCUT2D eigenvalue weighted by atomic mass is 9.95. The molecule has 2 unspecified atom stereocenters. The van der Waals surface area contributed by atoms with Gasteiger partial charge in [0.05, 0.1) is 0 Å². The highest BCUT2D eigenvalue weighted by atomic mass is 16.5. The van der Waals surface area contributed by atoms with Crippen LogP contribution in [0.1, 0.15) is 30.0 Å². The van der Waals surface area contributed by atoms with E-state index in [1.807, 2.05) is 13.8 Å². The van der Waals surface area contributed by atoms with Crippen LogP contribution in [0.2, 0.25) is 0 Å². The molecule has 1 saturated heterocycles. The third-order valence-electron chi connectivity index (χ3n) is 4.08. The van der Waals surface area contributed by atoms with Crippen molar-refractivity contribution in [2.45, 2.75) is 40.2 Å². The zero-order chi connectivity index (χ0) is 15.4. The Labute approximate surface area is 127 Å². The monoisotopic (exact) mass is 290 g/mol. The zero-order valence-electron chi connectivity index (χ0n) is 13.5. The van der Waals surface area contributed by atoms with Crippen molar-refractivity contribution < 1.29 is 9.53 Å². The van der Waals surface area contributed by atoms with E-state index in [-0.39, 0.29) is 18.6 Å². The van der Waals surface area contributed by atoms with E-state index in [2.05, 4.69) is 36.6 Å². The Balaban J connectivity index is 1.89. The van der Waals surface area contributed by atoms with E-state index < -0.39 is 0 Å². The SMILES string of the molecule is Cc1cc(C)c(OCC(=O)NC2CCNCC2C)c(C)c1. The molecule has 4 nitrogen and oxygen atoms in total. The van der Waals surface area contributed by atoms with Crippen LogP contribution in [0.15, 0.2) is 12.1 Å². The van der Waals surface area contributed by atoms with Crippen molar-refractivity contribution in [1.82, 2.24) is 10.6 Å². The number of rotatable bonds is 4. The van der Waals surface area contributed by atoms with Gasteiger partial charge in [0.2, 0.25) is 0 Å². The number of carbonyl (C=O) groups is 1. The summed E-state index contributed by atoms with van der Waals surface area (Å²) in [5.74, 6) is 1.26. The van der Waals surface area contributed by atoms with E-state index in [0.717, 1.165) is 36.4 Å². The minimum absolute atomic E-state index is 0.0341. The Morgan fingerprint density at radius 1 is 1.33 bits per heavy atom. The first kappa shape index (κ1) is 15.8. The fraction of sp³-hybridized carbons (Fsp3) is 0.588. The number of piperidine rings is 1. The lowest BCUT2D eigenvalue weighted by Gasteiger charge is -2.30. The molecule has 4 heteroatoms. The van der Waals surface area contributed by atoms with Crippen LogP contribution in [0.25, 0.3) is 0 Å². The molecule has 116 valence electrons. The number of hydrogen-bond donors (Lipinski definition) is 2. The van der Waals surface area contributed by atoms with E-state index in [4.69, 9.17) is 4.74 Å². The first-order valence-corrected chi connectivity index (χ1v) is 7.68. The number of benzene rings is 1. The molecule has 2 atom stereocenters. The van der Waals surface area contributed by atoms with E-state index in [9.17, 15) is 4.79 Å². The van der Waals surface area contributed by atoms with Crippen LogP contribution in [-0.4, -0.2) is 31.6 Å². The first-order chi connectivity index (χ1) is 9.97. The van der Waals surface area contributed by atoms with Crippen molar-refractivity contribution in [3.8, 4) is 5.75 Å². The van der Waals surface area contributed by atoms with Crippen LogP contribution >= 0.6 is 0 Å². The van der Waals surface area contributed by atoms with E-state index in [0.29, 0.717) is 5.92 Å². The molecule has 1 aromatic carbocycles. The summed E-state index contributed by atoms with van der Waals surface area (Å²) in [5.41, 5.74) is 3.37. The van der Waals surface area contributed by atoms with Crippen LogP contribution < -0.4 is 15.4 Å². The van der Waals surface area contributed by atoms with E-state index in [1.54, 1.807) is 0 Å². The summed E-state index contributed by atoms with van der Waals surface area (Å²) in [6, 6.07) is 4.41. The molecule has 1 amide bonds. The lowest BCUT2D eigenvalue weighted by Crippen LogP contribution is -2.49. The van der Waals surface area contributed by atoms with Gasteiger partial charge in [0, 0.05) is 6.04 Å². The van der Waals surface area contributed by atoms with Gasteiger partial charge >= 0.3 is 0 Å². The summed E-state index contributed by atoms with van der Waals surface area (Å²) in [5, 5.41) is 6.42. The van der Waals surface area contributed by atoms with E-state index >= 15 is 0 Å². The van der Waals surface area contributed by atoms with Gasteiger partial charge in [-0.2, -0.15) is 0 Å². The van der Waals surface area contributed by atoms with Gasteiger partial charge in [-0.1, -0.05) is 24.6 Å². The number of nitrogens with one attached hydrogen (secondary N) is 2. The fourth-order valence-electron chi connectivity index (χ4n) is 3.01. The van der Waals surface area contributed by atoms with Gasteiger partial charge in [0.25, 0.3) is 5.91 Å². The summed E-state index contributed by atoms with van der Waals surface area (Å²) in [6.07, 6.45) is 0.982. The number of aryl methyl sites for hydroxylation is 3. The normalized spacial score (nSPS) is 21.9. The molecular weight excluding hydrogens is 264 g/mol. The third-order valence-corrected chi connectivity index (χ3v) is 4.08. The second-order valence-corrected chi connectivity index (χ2v) is 6.16. The van der Waals surface area contributed by atoms with Crippen LogP contribution in [-0.2, 0) is 4.79 Å². The van der Waals surface area contributed by atoms with Crippen LogP contribution in [0.5, 0.6) is 5.75 Å². The summed E-state index contributed by atoms with van der Waals surface area (Å²) in [7, 11) is 0. The van der Waals surface area contributed by atoms with Gasteiger partial charge in [0.15, 0.2) is 6.61 Å². The second kappa shape index (κ2) is 6.94. The summed E-state index contributed by atoms with van der Waals surface area (Å²) < 4.78 is 5.73. The molecule has 2 rings (SSSR count). The predicted octanol–water partition coefficient (Wildman–Crippen LogP) is 2.10. The molecule has 21 heavy (non-hydrogen) atoms. The maximum atomic E-state index is 12.1.